The van der Waals surface area contributed by atoms with Gasteiger partial charge in [0.1, 0.15) is 18.4 Å². The minimum absolute atomic E-state index is 0.191. The van der Waals surface area contributed by atoms with Crippen molar-refractivity contribution in [3.05, 3.63) is 29.3 Å². The average molecular weight is 296 g/mol. The van der Waals surface area contributed by atoms with Gasteiger partial charge in [-0.3, -0.25) is 4.79 Å². The molecule has 1 rings (SSSR count). The first-order chi connectivity index (χ1) is 10.1. The standard InChI is InChI=1S/C15H24N2O4/c1-11-4-5-12(14(8-11)21-7-6-19-2)9-17-15(18)13(16)10-20-3/h4-5,8,13H,6-7,9-10,16H2,1-3H3,(H,17,18). The Hall–Kier alpha value is -1.63. The van der Waals surface area contributed by atoms with E-state index in [1.165, 1.54) is 7.11 Å². The molecule has 0 bridgehead atoms. The van der Waals surface area contributed by atoms with E-state index in [0.717, 1.165) is 16.9 Å². The summed E-state index contributed by atoms with van der Waals surface area (Å²) >= 11 is 0. The molecule has 0 saturated heterocycles. The quantitative estimate of drug-likeness (QED) is 0.652. The molecule has 0 heterocycles. The lowest BCUT2D eigenvalue weighted by atomic mass is 10.1. The van der Waals surface area contributed by atoms with Crippen molar-refractivity contribution < 1.29 is 19.0 Å². The van der Waals surface area contributed by atoms with Crippen LogP contribution in [0.2, 0.25) is 0 Å². The molecule has 1 unspecified atom stereocenters. The Balaban J connectivity index is 2.62. The van der Waals surface area contributed by atoms with Crippen LogP contribution in [0.15, 0.2) is 18.2 Å². The topological polar surface area (TPSA) is 82.8 Å². The maximum Gasteiger partial charge on any atom is 0.239 e. The first-order valence-electron chi connectivity index (χ1n) is 6.82. The van der Waals surface area contributed by atoms with Crippen molar-refractivity contribution in [2.45, 2.75) is 19.5 Å². The number of ether oxygens (including phenoxy) is 3. The van der Waals surface area contributed by atoms with Gasteiger partial charge < -0.3 is 25.3 Å². The van der Waals surface area contributed by atoms with Gasteiger partial charge in [0.25, 0.3) is 0 Å². The molecule has 21 heavy (non-hydrogen) atoms. The minimum Gasteiger partial charge on any atom is -0.491 e. The Bertz CT molecular complexity index is 451. The fourth-order valence-corrected chi connectivity index (χ4v) is 1.75. The van der Waals surface area contributed by atoms with Gasteiger partial charge >= 0.3 is 0 Å². The largest absolute Gasteiger partial charge is 0.491 e. The van der Waals surface area contributed by atoms with Crippen LogP contribution < -0.4 is 15.8 Å². The van der Waals surface area contributed by atoms with Crippen molar-refractivity contribution >= 4 is 5.91 Å². The van der Waals surface area contributed by atoms with Crippen LogP contribution >= 0.6 is 0 Å². The van der Waals surface area contributed by atoms with Crippen LogP contribution in [0.3, 0.4) is 0 Å². The predicted molar refractivity (Wildman–Crippen MR) is 80.2 cm³/mol. The zero-order valence-corrected chi connectivity index (χ0v) is 12.8. The zero-order chi connectivity index (χ0) is 15.7. The number of benzene rings is 1. The van der Waals surface area contributed by atoms with E-state index in [4.69, 9.17) is 19.9 Å². The van der Waals surface area contributed by atoms with E-state index in [0.29, 0.717) is 19.8 Å². The molecule has 0 aliphatic rings. The van der Waals surface area contributed by atoms with Crippen LogP contribution in [0.1, 0.15) is 11.1 Å². The van der Waals surface area contributed by atoms with Gasteiger partial charge in [-0.25, -0.2) is 0 Å². The Morgan fingerprint density at radius 2 is 2.05 bits per heavy atom. The fraction of sp³-hybridized carbons (Fsp3) is 0.533. The van der Waals surface area contributed by atoms with Gasteiger partial charge in [0.05, 0.1) is 13.2 Å². The molecule has 3 N–H and O–H groups in total. The molecule has 0 aliphatic carbocycles. The third kappa shape index (κ3) is 6.12. The number of carbonyl (C=O) groups excluding carboxylic acids is 1. The van der Waals surface area contributed by atoms with E-state index in [1.807, 2.05) is 25.1 Å². The van der Waals surface area contributed by atoms with Crippen molar-refractivity contribution in [2.75, 3.05) is 34.0 Å². The first kappa shape index (κ1) is 17.4. The predicted octanol–water partition coefficient (Wildman–Crippen LogP) is 0.610. The van der Waals surface area contributed by atoms with Gasteiger partial charge in [-0.2, -0.15) is 0 Å². The molecule has 6 nitrogen and oxygen atoms in total. The molecule has 118 valence electrons. The van der Waals surface area contributed by atoms with Crippen molar-refractivity contribution in [2.24, 2.45) is 5.73 Å². The third-order valence-electron chi connectivity index (χ3n) is 2.90. The van der Waals surface area contributed by atoms with Crippen LogP contribution in [0.25, 0.3) is 0 Å². The number of rotatable bonds is 9. The van der Waals surface area contributed by atoms with Gasteiger partial charge in [-0.05, 0) is 18.6 Å². The van der Waals surface area contributed by atoms with E-state index in [1.54, 1.807) is 7.11 Å². The number of carbonyl (C=O) groups is 1. The number of methoxy groups -OCH3 is 2. The molecule has 1 atom stereocenters. The Labute approximate surface area is 125 Å². The number of hydrogen-bond donors (Lipinski definition) is 2. The van der Waals surface area contributed by atoms with Gasteiger partial charge in [-0.15, -0.1) is 0 Å². The average Bonchev–Trinajstić information content (AvgIpc) is 2.46. The highest BCUT2D eigenvalue weighted by Gasteiger charge is 2.13. The zero-order valence-electron chi connectivity index (χ0n) is 12.8. The molecule has 0 fully saturated rings. The van der Waals surface area contributed by atoms with E-state index >= 15 is 0 Å². The van der Waals surface area contributed by atoms with Crippen molar-refractivity contribution in [3.63, 3.8) is 0 Å². The molecule has 1 aromatic carbocycles. The maximum atomic E-state index is 11.8. The van der Waals surface area contributed by atoms with E-state index in [9.17, 15) is 4.79 Å². The highest BCUT2D eigenvalue weighted by atomic mass is 16.5. The van der Waals surface area contributed by atoms with Gasteiger partial charge in [0.2, 0.25) is 5.91 Å². The molecule has 6 heteroatoms. The summed E-state index contributed by atoms with van der Waals surface area (Å²) in [6, 6.07) is 5.17. The van der Waals surface area contributed by atoms with Gasteiger partial charge in [0, 0.05) is 26.3 Å². The Kier molecular flexibility index (Phi) is 7.74. The van der Waals surface area contributed by atoms with Crippen molar-refractivity contribution in [3.8, 4) is 5.75 Å². The first-order valence-corrected chi connectivity index (χ1v) is 6.82. The summed E-state index contributed by atoms with van der Waals surface area (Å²) in [5.74, 6) is 0.493. The van der Waals surface area contributed by atoms with Crippen LogP contribution in [-0.4, -0.2) is 46.0 Å². The molecular formula is C15H24N2O4. The molecule has 0 radical (unpaired) electrons. The second kappa shape index (κ2) is 9.33. The Morgan fingerprint density at radius 3 is 2.71 bits per heavy atom. The maximum absolute atomic E-state index is 11.8. The fourth-order valence-electron chi connectivity index (χ4n) is 1.75. The number of amides is 1. The summed E-state index contributed by atoms with van der Waals surface area (Å²) < 4.78 is 15.5. The van der Waals surface area contributed by atoms with Gasteiger partial charge in [-0.1, -0.05) is 12.1 Å². The highest BCUT2D eigenvalue weighted by Crippen LogP contribution is 2.20. The molecule has 1 amide bonds. The normalized spacial score (nSPS) is 12.0. The molecule has 0 spiro atoms. The summed E-state index contributed by atoms with van der Waals surface area (Å²) in [5.41, 5.74) is 7.66. The number of nitrogens with two attached hydrogens (primary N) is 1. The van der Waals surface area contributed by atoms with Crippen molar-refractivity contribution in [1.82, 2.24) is 5.32 Å². The monoisotopic (exact) mass is 296 g/mol. The van der Waals surface area contributed by atoms with E-state index < -0.39 is 6.04 Å². The highest BCUT2D eigenvalue weighted by molar-refractivity contribution is 5.81. The van der Waals surface area contributed by atoms with Crippen molar-refractivity contribution in [1.29, 1.82) is 0 Å². The van der Waals surface area contributed by atoms with Crippen LogP contribution in [0.4, 0.5) is 0 Å². The molecular weight excluding hydrogens is 272 g/mol. The second-order valence-corrected chi connectivity index (χ2v) is 4.73. The summed E-state index contributed by atoms with van der Waals surface area (Å²) in [4.78, 5) is 11.8. The second-order valence-electron chi connectivity index (χ2n) is 4.73. The van der Waals surface area contributed by atoms with Crippen LogP contribution in [0.5, 0.6) is 5.75 Å². The summed E-state index contributed by atoms with van der Waals surface area (Å²) in [7, 11) is 3.13. The molecule has 0 aromatic heterocycles. The van der Waals surface area contributed by atoms with Gasteiger partial charge in [0.15, 0.2) is 0 Å². The summed E-state index contributed by atoms with van der Waals surface area (Å²) in [5, 5.41) is 2.78. The lowest BCUT2D eigenvalue weighted by molar-refractivity contribution is -0.123. The SMILES string of the molecule is COCCOc1cc(C)ccc1CNC(=O)C(N)COC. The lowest BCUT2D eigenvalue weighted by Crippen LogP contribution is -2.43. The van der Waals surface area contributed by atoms with E-state index in [-0.39, 0.29) is 12.5 Å². The molecule has 0 saturated carbocycles. The molecule has 1 aromatic rings. The number of hydrogen-bond acceptors (Lipinski definition) is 5. The number of nitrogens with one attached hydrogen (secondary N) is 1. The summed E-state index contributed by atoms with van der Waals surface area (Å²) in [6.45, 7) is 3.51. The summed E-state index contributed by atoms with van der Waals surface area (Å²) in [6.07, 6.45) is 0. The lowest BCUT2D eigenvalue weighted by Gasteiger charge is -2.15. The smallest absolute Gasteiger partial charge is 0.239 e. The Morgan fingerprint density at radius 1 is 1.29 bits per heavy atom. The van der Waals surface area contributed by atoms with Crippen LogP contribution in [-0.2, 0) is 20.8 Å². The van der Waals surface area contributed by atoms with Crippen LogP contribution in [0, 0.1) is 6.92 Å². The van der Waals surface area contributed by atoms with E-state index in [2.05, 4.69) is 5.32 Å². The minimum atomic E-state index is -0.668. The number of aryl methyl sites for hydroxylation is 1. The third-order valence-corrected chi connectivity index (χ3v) is 2.90. The molecule has 0 aliphatic heterocycles.